The van der Waals surface area contributed by atoms with E-state index in [0.717, 1.165) is 17.4 Å². The first-order valence-electron chi connectivity index (χ1n) is 6.04. The third kappa shape index (κ3) is 2.84. The van der Waals surface area contributed by atoms with Crippen LogP contribution in [0.25, 0.3) is 0 Å². The Morgan fingerprint density at radius 1 is 1.24 bits per heavy atom. The zero-order valence-corrected chi connectivity index (χ0v) is 11.7. The standard InChI is InChI=1S/C10H14N2O.C4H10/c1-10(2)6-4-5-7(11)9(13-3)8(6)12-10;1-4(2)3/h4-5,12H,11H2,1-3H3;4H,1-3H3. The van der Waals surface area contributed by atoms with E-state index >= 15 is 0 Å². The number of anilines is 2. The Morgan fingerprint density at radius 3 is 2.18 bits per heavy atom. The second-order valence-corrected chi connectivity index (χ2v) is 5.59. The van der Waals surface area contributed by atoms with Crippen LogP contribution in [0.4, 0.5) is 11.4 Å². The number of hydrogen-bond acceptors (Lipinski definition) is 3. The van der Waals surface area contributed by atoms with Gasteiger partial charge < -0.3 is 15.8 Å². The highest BCUT2D eigenvalue weighted by atomic mass is 16.5. The topological polar surface area (TPSA) is 47.3 Å². The Bertz CT molecular complexity index is 395. The van der Waals surface area contributed by atoms with Crippen LogP contribution in [-0.2, 0) is 5.54 Å². The van der Waals surface area contributed by atoms with Crippen LogP contribution < -0.4 is 15.8 Å². The molecule has 0 saturated carbocycles. The van der Waals surface area contributed by atoms with E-state index < -0.39 is 0 Å². The lowest BCUT2D eigenvalue weighted by atomic mass is 9.84. The summed E-state index contributed by atoms with van der Waals surface area (Å²) in [5.74, 6) is 1.59. The highest BCUT2D eigenvalue weighted by Crippen LogP contribution is 2.48. The number of fused-ring (bicyclic) bond motifs is 1. The van der Waals surface area contributed by atoms with Gasteiger partial charge in [0.05, 0.1) is 24.0 Å². The van der Waals surface area contributed by atoms with Crippen molar-refractivity contribution in [2.75, 3.05) is 18.2 Å². The van der Waals surface area contributed by atoms with E-state index in [9.17, 15) is 0 Å². The lowest BCUT2D eigenvalue weighted by Gasteiger charge is -2.41. The predicted octanol–water partition coefficient (Wildman–Crippen LogP) is 3.60. The average Bonchev–Trinajstić information content (AvgIpc) is 2.15. The fourth-order valence-electron chi connectivity index (χ4n) is 1.78. The van der Waals surface area contributed by atoms with Gasteiger partial charge in [-0.05, 0) is 25.8 Å². The van der Waals surface area contributed by atoms with Gasteiger partial charge >= 0.3 is 0 Å². The minimum atomic E-state index is 0.0519. The molecule has 0 aromatic heterocycles. The number of nitrogens with two attached hydrogens (primary N) is 1. The summed E-state index contributed by atoms with van der Waals surface area (Å²) in [7, 11) is 1.64. The normalized spacial score (nSPS) is 15.0. The van der Waals surface area contributed by atoms with E-state index in [-0.39, 0.29) is 5.54 Å². The fourth-order valence-corrected chi connectivity index (χ4v) is 1.78. The van der Waals surface area contributed by atoms with Crippen molar-refractivity contribution in [3.8, 4) is 5.75 Å². The molecule has 1 heterocycles. The van der Waals surface area contributed by atoms with Crippen molar-refractivity contribution in [1.29, 1.82) is 0 Å². The zero-order valence-electron chi connectivity index (χ0n) is 11.7. The van der Waals surface area contributed by atoms with Crippen molar-refractivity contribution in [2.45, 2.75) is 40.2 Å². The molecule has 3 heteroatoms. The summed E-state index contributed by atoms with van der Waals surface area (Å²) in [6.45, 7) is 10.8. The van der Waals surface area contributed by atoms with Crippen LogP contribution in [0, 0.1) is 5.92 Å². The Morgan fingerprint density at radius 2 is 1.76 bits per heavy atom. The Hall–Kier alpha value is -1.38. The average molecular weight is 236 g/mol. The SMILES string of the molecule is CC(C)C.COc1c(N)ccc2c1NC2(C)C. The summed E-state index contributed by atoms with van der Waals surface area (Å²) in [5.41, 5.74) is 8.79. The summed E-state index contributed by atoms with van der Waals surface area (Å²) >= 11 is 0. The van der Waals surface area contributed by atoms with E-state index in [2.05, 4.69) is 39.9 Å². The predicted molar refractivity (Wildman–Crippen MR) is 74.6 cm³/mol. The van der Waals surface area contributed by atoms with Gasteiger partial charge in [0.1, 0.15) is 0 Å². The lowest BCUT2D eigenvalue weighted by molar-refractivity contribution is 0.410. The monoisotopic (exact) mass is 236 g/mol. The molecule has 0 spiro atoms. The highest BCUT2D eigenvalue weighted by Gasteiger charge is 2.36. The van der Waals surface area contributed by atoms with Gasteiger partial charge in [-0.2, -0.15) is 0 Å². The Kier molecular flexibility index (Phi) is 3.91. The number of benzene rings is 1. The third-order valence-corrected chi connectivity index (χ3v) is 2.50. The van der Waals surface area contributed by atoms with Crippen LogP contribution in [0.15, 0.2) is 12.1 Å². The molecule has 0 amide bonds. The van der Waals surface area contributed by atoms with Crippen molar-refractivity contribution in [1.82, 2.24) is 0 Å². The van der Waals surface area contributed by atoms with Gasteiger partial charge in [-0.25, -0.2) is 0 Å². The van der Waals surface area contributed by atoms with Gasteiger partial charge in [0.15, 0.2) is 5.75 Å². The molecule has 0 atom stereocenters. The quantitative estimate of drug-likeness (QED) is 0.732. The molecule has 0 aliphatic carbocycles. The summed E-state index contributed by atoms with van der Waals surface area (Å²) in [6, 6.07) is 3.93. The van der Waals surface area contributed by atoms with Gasteiger partial charge in [-0.3, -0.25) is 0 Å². The number of rotatable bonds is 1. The highest BCUT2D eigenvalue weighted by molar-refractivity contribution is 5.80. The third-order valence-electron chi connectivity index (χ3n) is 2.50. The minimum absolute atomic E-state index is 0.0519. The molecule has 1 aliphatic heterocycles. The van der Waals surface area contributed by atoms with E-state index in [1.807, 2.05) is 12.1 Å². The minimum Gasteiger partial charge on any atom is -0.492 e. The first-order chi connectivity index (χ1) is 7.79. The van der Waals surface area contributed by atoms with Gasteiger partial charge in [0.25, 0.3) is 0 Å². The zero-order chi connectivity index (χ0) is 13.2. The molecular formula is C14H24N2O. The number of hydrogen-bond donors (Lipinski definition) is 2. The Labute approximate surface area is 104 Å². The van der Waals surface area contributed by atoms with Crippen LogP contribution >= 0.6 is 0 Å². The van der Waals surface area contributed by atoms with Crippen molar-refractivity contribution < 1.29 is 4.74 Å². The molecule has 0 radical (unpaired) electrons. The summed E-state index contributed by atoms with van der Waals surface area (Å²) < 4.78 is 5.21. The van der Waals surface area contributed by atoms with Crippen LogP contribution in [0.2, 0.25) is 0 Å². The second kappa shape index (κ2) is 4.86. The molecule has 1 aromatic carbocycles. The molecule has 0 saturated heterocycles. The summed E-state index contributed by atoms with van der Waals surface area (Å²) in [4.78, 5) is 0. The van der Waals surface area contributed by atoms with Crippen molar-refractivity contribution in [3.63, 3.8) is 0 Å². The molecule has 0 bridgehead atoms. The van der Waals surface area contributed by atoms with Gasteiger partial charge in [-0.15, -0.1) is 0 Å². The van der Waals surface area contributed by atoms with Crippen LogP contribution in [-0.4, -0.2) is 7.11 Å². The van der Waals surface area contributed by atoms with Crippen molar-refractivity contribution in [3.05, 3.63) is 17.7 Å². The molecule has 0 fully saturated rings. The smallest absolute Gasteiger partial charge is 0.165 e. The molecular weight excluding hydrogens is 212 g/mol. The first-order valence-corrected chi connectivity index (χ1v) is 6.04. The molecule has 3 nitrogen and oxygen atoms in total. The first kappa shape index (κ1) is 13.7. The fraction of sp³-hybridized carbons (Fsp3) is 0.571. The van der Waals surface area contributed by atoms with Gasteiger partial charge in [-0.1, -0.05) is 26.8 Å². The maximum Gasteiger partial charge on any atom is 0.165 e. The summed E-state index contributed by atoms with van der Waals surface area (Å²) in [6.07, 6.45) is 0. The van der Waals surface area contributed by atoms with E-state index in [1.54, 1.807) is 7.11 Å². The van der Waals surface area contributed by atoms with Crippen LogP contribution in [0.3, 0.4) is 0 Å². The van der Waals surface area contributed by atoms with E-state index in [4.69, 9.17) is 10.5 Å². The van der Waals surface area contributed by atoms with Gasteiger partial charge in [0.2, 0.25) is 0 Å². The number of methoxy groups -OCH3 is 1. The maximum absolute atomic E-state index is 5.76. The largest absolute Gasteiger partial charge is 0.492 e. The molecule has 1 aromatic rings. The van der Waals surface area contributed by atoms with Crippen molar-refractivity contribution in [2.24, 2.45) is 5.92 Å². The Balaban J connectivity index is 0.000000317. The summed E-state index contributed by atoms with van der Waals surface area (Å²) in [5, 5.41) is 3.32. The molecule has 17 heavy (non-hydrogen) atoms. The van der Waals surface area contributed by atoms with Gasteiger partial charge in [0, 0.05) is 5.56 Å². The van der Waals surface area contributed by atoms with Crippen molar-refractivity contribution >= 4 is 11.4 Å². The lowest BCUT2D eigenvalue weighted by Crippen LogP contribution is -2.38. The van der Waals surface area contributed by atoms with E-state index in [1.165, 1.54) is 5.56 Å². The molecule has 2 rings (SSSR count). The number of nitrogen functional groups attached to an aromatic ring is 1. The number of ether oxygens (including phenoxy) is 1. The van der Waals surface area contributed by atoms with E-state index in [0.29, 0.717) is 5.69 Å². The molecule has 3 N–H and O–H groups in total. The molecule has 0 unspecified atom stereocenters. The molecule has 96 valence electrons. The van der Waals surface area contributed by atoms with Crippen LogP contribution in [0.1, 0.15) is 40.2 Å². The second-order valence-electron chi connectivity index (χ2n) is 5.59. The molecule has 1 aliphatic rings. The van der Waals surface area contributed by atoms with Crippen LogP contribution in [0.5, 0.6) is 5.75 Å². The number of nitrogens with one attached hydrogen (secondary N) is 1. The maximum atomic E-state index is 5.76.